The van der Waals surface area contributed by atoms with Gasteiger partial charge in [0, 0.05) is 42.7 Å². The fourth-order valence-corrected chi connectivity index (χ4v) is 4.81. The number of aliphatic imine (C=N–C) groups is 1. The van der Waals surface area contributed by atoms with Crippen LogP contribution in [0, 0.1) is 5.82 Å². The molecule has 1 atom stereocenters. The molecule has 4 rings (SSSR count). The predicted molar refractivity (Wildman–Crippen MR) is 151 cm³/mol. The van der Waals surface area contributed by atoms with Crippen LogP contribution in [-0.2, 0) is 18.2 Å². The maximum atomic E-state index is 13.5. The van der Waals surface area contributed by atoms with Gasteiger partial charge in [-0.15, -0.1) is 0 Å². The molecule has 11 heteroatoms. The first kappa shape index (κ1) is 30.2. The number of hydrogen-bond donors (Lipinski definition) is 1. The minimum atomic E-state index is -4.62. The van der Waals surface area contributed by atoms with Gasteiger partial charge in [-0.25, -0.2) is 9.37 Å². The first-order valence-corrected chi connectivity index (χ1v) is 13.2. The minimum absolute atomic E-state index is 0.0393. The lowest BCUT2D eigenvalue weighted by molar-refractivity contribution is -0.141. The van der Waals surface area contributed by atoms with Crippen molar-refractivity contribution in [3.63, 3.8) is 0 Å². The van der Waals surface area contributed by atoms with E-state index in [-0.39, 0.29) is 17.9 Å². The van der Waals surface area contributed by atoms with E-state index >= 15 is 0 Å². The van der Waals surface area contributed by atoms with Gasteiger partial charge in [-0.05, 0) is 47.9 Å². The third-order valence-corrected chi connectivity index (χ3v) is 7.02. The molecule has 0 fully saturated rings. The summed E-state index contributed by atoms with van der Waals surface area (Å²) in [5.41, 5.74) is -0.501. The third kappa shape index (κ3) is 6.77. The van der Waals surface area contributed by atoms with E-state index in [9.17, 15) is 22.7 Å². The molecule has 216 valence electrons. The van der Waals surface area contributed by atoms with Crippen molar-refractivity contribution in [3.8, 4) is 5.88 Å². The second-order valence-electron chi connectivity index (χ2n) is 9.68. The number of aromatic nitrogens is 2. The van der Waals surface area contributed by atoms with Gasteiger partial charge in [-0.3, -0.25) is 9.98 Å². The molecule has 0 saturated heterocycles. The Bertz CT molecular complexity index is 1530. The quantitative estimate of drug-likeness (QED) is 0.128. The van der Waals surface area contributed by atoms with Crippen LogP contribution < -0.4 is 4.74 Å². The van der Waals surface area contributed by atoms with Gasteiger partial charge in [0.15, 0.2) is 0 Å². The molecule has 0 aliphatic carbocycles. The average Bonchev–Trinajstić information content (AvgIpc) is 2.95. The van der Waals surface area contributed by atoms with Gasteiger partial charge in [0.05, 0.1) is 30.5 Å². The standard InChI is InChI=1S/C30H29ClF4N4O2/c1-4-13-36-18-39(2)17-29(40,21-8-12-26(37-16-21)30(33,34)35)20-7-11-25-23(15-20)27(31)24(28(38-25)41-3)14-19-5-9-22(32)10-6-19/h5-12,15-16,18,40H,4,13-14,17H2,1-3H3/b36-18-. The summed E-state index contributed by atoms with van der Waals surface area (Å²) in [5, 5.41) is 12.9. The smallest absolute Gasteiger partial charge is 0.433 e. The predicted octanol–water partition coefficient (Wildman–Crippen LogP) is 6.65. The summed E-state index contributed by atoms with van der Waals surface area (Å²) in [6.45, 7) is 2.52. The highest BCUT2D eigenvalue weighted by Gasteiger charge is 2.37. The Morgan fingerprint density at radius 3 is 2.39 bits per heavy atom. The molecule has 0 radical (unpaired) electrons. The van der Waals surface area contributed by atoms with Gasteiger partial charge in [-0.1, -0.05) is 42.8 Å². The second-order valence-corrected chi connectivity index (χ2v) is 10.1. The molecule has 0 aliphatic heterocycles. The Kier molecular flexibility index (Phi) is 9.14. The van der Waals surface area contributed by atoms with Gasteiger partial charge < -0.3 is 14.7 Å². The Labute approximate surface area is 240 Å². The molecule has 1 unspecified atom stereocenters. The molecule has 41 heavy (non-hydrogen) atoms. The number of fused-ring (bicyclic) bond motifs is 1. The minimum Gasteiger partial charge on any atom is -0.481 e. The van der Waals surface area contributed by atoms with E-state index < -0.39 is 17.5 Å². The first-order chi connectivity index (χ1) is 19.5. The topological polar surface area (TPSA) is 70.8 Å². The number of pyridine rings is 2. The Morgan fingerprint density at radius 1 is 1.07 bits per heavy atom. The van der Waals surface area contributed by atoms with Crippen molar-refractivity contribution in [2.24, 2.45) is 4.99 Å². The van der Waals surface area contributed by atoms with E-state index in [0.717, 1.165) is 24.2 Å². The highest BCUT2D eigenvalue weighted by molar-refractivity contribution is 6.36. The summed E-state index contributed by atoms with van der Waals surface area (Å²) in [4.78, 5) is 14.1. The normalized spacial score (nSPS) is 13.5. The zero-order valence-electron chi connectivity index (χ0n) is 22.7. The van der Waals surface area contributed by atoms with Crippen LogP contribution >= 0.6 is 11.6 Å². The zero-order valence-corrected chi connectivity index (χ0v) is 23.5. The number of alkyl halides is 3. The van der Waals surface area contributed by atoms with Crippen LogP contribution in [0.15, 0.2) is 65.8 Å². The number of methoxy groups -OCH3 is 1. The van der Waals surface area contributed by atoms with Gasteiger partial charge in [0.1, 0.15) is 17.1 Å². The average molecular weight is 589 g/mol. The number of hydrogen-bond acceptors (Lipinski definition) is 5. The molecule has 6 nitrogen and oxygen atoms in total. The van der Waals surface area contributed by atoms with Crippen molar-refractivity contribution in [2.75, 3.05) is 27.2 Å². The van der Waals surface area contributed by atoms with Crippen LogP contribution in [-0.4, -0.2) is 53.6 Å². The van der Waals surface area contributed by atoms with Gasteiger partial charge in [0.25, 0.3) is 0 Å². The van der Waals surface area contributed by atoms with Crippen LogP contribution in [0.1, 0.15) is 41.3 Å². The van der Waals surface area contributed by atoms with E-state index in [0.29, 0.717) is 45.9 Å². The highest BCUT2D eigenvalue weighted by atomic mass is 35.5. The van der Waals surface area contributed by atoms with E-state index in [1.807, 2.05) is 6.92 Å². The number of ether oxygens (including phenoxy) is 1. The second kappa shape index (κ2) is 12.4. The molecular formula is C30H29ClF4N4O2. The van der Waals surface area contributed by atoms with Crippen molar-refractivity contribution < 1.29 is 27.4 Å². The van der Waals surface area contributed by atoms with Gasteiger partial charge >= 0.3 is 6.18 Å². The molecule has 2 heterocycles. The summed E-state index contributed by atoms with van der Waals surface area (Å²) >= 11 is 6.89. The number of likely N-dealkylation sites (N-methyl/N-ethyl adjacent to an activating group) is 1. The number of halogens is 5. The number of rotatable bonds is 10. The molecule has 0 aliphatic rings. The molecule has 0 spiro atoms. The summed E-state index contributed by atoms with van der Waals surface area (Å²) in [6.07, 6.45) is -0.885. The molecule has 4 aromatic rings. The van der Waals surface area contributed by atoms with Crippen molar-refractivity contribution >= 4 is 28.8 Å². The monoisotopic (exact) mass is 588 g/mol. The maximum Gasteiger partial charge on any atom is 0.433 e. The SMILES string of the molecule is CCC/N=C\N(C)CC(O)(c1ccc(C(F)(F)F)nc1)c1ccc2nc(OC)c(Cc3ccc(F)cc3)c(Cl)c2c1. The zero-order chi connectivity index (χ0) is 29.8. The lowest BCUT2D eigenvalue weighted by Gasteiger charge is -2.33. The van der Waals surface area contributed by atoms with Crippen LogP contribution in [0.25, 0.3) is 10.9 Å². The number of benzene rings is 2. The molecule has 2 aromatic carbocycles. The molecular weight excluding hydrogens is 560 g/mol. The molecule has 0 amide bonds. The Morgan fingerprint density at radius 2 is 1.78 bits per heavy atom. The van der Waals surface area contributed by atoms with Crippen molar-refractivity contribution in [1.29, 1.82) is 0 Å². The largest absolute Gasteiger partial charge is 0.481 e. The van der Waals surface area contributed by atoms with Crippen LogP contribution in [0.5, 0.6) is 5.88 Å². The molecule has 1 N–H and O–H groups in total. The first-order valence-electron chi connectivity index (χ1n) is 12.8. The lowest BCUT2D eigenvalue weighted by atomic mass is 9.85. The Hall–Kier alpha value is -3.76. The Balaban J connectivity index is 1.84. The number of aliphatic hydroxyl groups is 1. The fraction of sp³-hybridized carbons (Fsp3) is 0.300. The maximum absolute atomic E-state index is 13.5. The number of nitrogens with zero attached hydrogens (tertiary/aromatic N) is 4. The van der Waals surface area contributed by atoms with Crippen molar-refractivity contribution in [2.45, 2.75) is 31.5 Å². The third-order valence-electron chi connectivity index (χ3n) is 6.58. The van der Waals surface area contributed by atoms with E-state index in [4.69, 9.17) is 16.3 Å². The molecule has 2 aromatic heterocycles. The van der Waals surface area contributed by atoms with E-state index in [2.05, 4.69) is 15.0 Å². The van der Waals surface area contributed by atoms with Crippen LogP contribution in [0.4, 0.5) is 17.6 Å². The van der Waals surface area contributed by atoms with E-state index in [1.54, 1.807) is 48.6 Å². The van der Waals surface area contributed by atoms with Crippen LogP contribution in [0.2, 0.25) is 5.02 Å². The lowest BCUT2D eigenvalue weighted by Crippen LogP contribution is -2.40. The van der Waals surface area contributed by atoms with Crippen molar-refractivity contribution in [3.05, 3.63) is 99.6 Å². The van der Waals surface area contributed by atoms with E-state index in [1.165, 1.54) is 25.3 Å². The van der Waals surface area contributed by atoms with Crippen molar-refractivity contribution in [1.82, 2.24) is 14.9 Å². The summed E-state index contributed by atoms with van der Waals surface area (Å²) in [7, 11) is 3.18. The fourth-order valence-electron chi connectivity index (χ4n) is 4.51. The van der Waals surface area contributed by atoms with Gasteiger partial charge in [0.2, 0.25) is 5.88 Å². The summed E-state index contributed by atoms with van der Waals surface area (Å²) in [6, 6.07) is 13.0. The van der Waals surface area contributed by atoms with Gasteiger partial charge in [-0.2, -0.15) is 13.2 Å². The molecule has 0 saturated carbocycles. The molecule has 0 bridgehead atoms. The van der Waals surface area contributed by atoms with Crippen LogP contribution in [0.3, 0.4) is 0 Å². The summed E-state index contributed by atoms with van der Waals surface area (Å²) in [5.74, 6) is -0.0662. The highest BCUT2D eigenvalue weighted by Crippen LogP contribution is 2.38. The summed E-state index contributed by atoms with van der Waals surface area (Å²) < 4.78 is 58.6.